The van der Waals surface area contributed by atoms with Crippen LogP contribution >= 0.6 is 22.6 Å². The third kappa shape index (κ3) is 3.17. The van der Waals surface area contributed by atoms with Crippen LogP contribution in [-0.2, 0) is 7.05 Å². The van der Waals surface area contributed by atoms with Crippen molar-refractivity contribution in [2.24, 2.45) is 7.05 Å². The van der Waals surface area contributed by atoms with E-state index in [2.05, 4.69) is 33.0 Å². The van der Waals surface area contributed by atoms with E-state index in [-0.39, 0.29) is 16.8 Å². The summed E-state index contributed by atoms with van der Waals surface area (Å²) in [5.41, 5.74) is 0.526. The van der Waals surface area contributed by atoms with Gasteiger partial charge in [-0.3, -0.25) is 9.48 Å². The molecule has 130 valence electrons. The van der Waals surface area contributed by atoms with Crippen molar-refractivity contribution < 1.29 is 13.2 Å². The van der Waals surface area contributed by atoms with Gasteiger partial charge in [-0.2, -0.15) is 0 Å². The van der Waals surface area contributed by atoms with Gasteiger partial charge in [0.15, 0.2) is 17.5 Å². The molecule has 1 heterocycles. The molecule has 0 aliphatic carbocycles. The van der Waals surface area contributed by atoms with E-state index in [1.54, 1.807) is 19.1 Å². The number of halogens is 4. The number of hydrogen-bond donors (Lipinski definition) is 2. The highest BCUT2D eigenvalue weighted by Crippen LogP contribution is 2.34. The van der Waals surface area contributed by atoms with Crippen molar-refractivity contribution >= 4 is 34.0 Å². The van der Waals surface area contributed by atoms with E-state index >= 15 is 0 Å². The molecule has 3 rings (SSSR count). The van der Waals surface area contributed by atoms with Crippen LogP contribution in [0.25, 0.3) is 11.1 Å². The summed E-state index contributed by atoms with van der Waals surface area (Å²) >= 11 is 2.13. The van der Waals surface area contributed by atoms with Crippen LogP contribution in [-0.4, -0.2) is 9.78 Å². The molecule has 0 aliphatic rings. The predicted molar refractivity (Wildman–Crippen MR) is 98.5 cm³/mol. The van der Waals surface area contributed by atoms with Crippen molar-refractivity contribution in [3.8, 4) is 11.1 Å². The Morgan fingerprint density at radius 1 is 1.12 bits per heavy atom. The Labute approximate surface area is 154 Å². The fourth-order valence-corrected chi connectivity index (χ4v) is 3.13. The largest absolute Gasteiger partial charge is 0.352 e. The Bertz CT molecular complexity index is 1030. The van der Waals surface area contributed by atoms with Gasteiger partial charge in [-0.1, -0.05) is 0 Å². The summed E-state index contributed by atoms with van der Waals surface area (Å²) in [7, 11) is 1.47. The second-order valence-corrected chi connectivity index (χ2v) is 6.79. The molecule has 0 aliphatic heterocycles. The SMILES string of the molecule is Cc1cc(I)ccc1Nc1c(-c2c[nH]n(C)c2=O)cc(F)c(F)c1F. The van der Waals surface area contributed by atoms with Gasteiger partial charge >= 0.3 is 0 Å². The van der Waals surface area contributed by atoms with Gasteiger partial charge in [0.1, 0.15) is 0 Å². The molecule has 2 aromatic carbocycles. The van der Waals surface area contributed by atoms with Crippen LogP contribution in [0.4, 0.5) is 24.5 Å². The van der Waals surface area contributed by atoms with Crippen molar-refractivity contribution in [3.05, 3.63) is 67.4 Å². The zero-order valence-corrected chi connectivity index (χ0v) is 15.4. The van der Waals surface area contributed by atoms with Crippen LogP contribution in [0.5, 0.6) is 0 Å². The minimum absolute atomic E-state index is 0.0333. The molecule has 25 heavy (non-hydrogen) atoms. The number of benzene rings is 2. The molecule has 0 fully saturated rings. The number of nitrogens with zero attached hydrogens (tertiary/aromatic N) is 1. The lowest BCUT2D eigenvalue weighted by atomic mass is 10.0. The molecule has 0 radical (unpaired) electrons. The van der Waals surface area contributed by atoms with Crippen molar-refractivity contribution in [2.45, 2.75) is 6.92 Å². The Balaban J connectivity index is 2.22. The van der Waals surface area contributed by atoms with Crippen molar-refractivity contribution in [1.29, 1.82) is 0 Å². The molecule has 2 N–H and O–H groups in total. The fraction of sp³-hybridized carbons (Fsp3) is 0.118. The molecule has 0 bridgehead atoms. The maximum absolute atomic E-state index is 14.4. The zero-order valence-electron chi connectivity index (χ0n) is 13.3. The van der Waals surface area contributed by atoms with Crippen molar-refractivity contribution in [3.63, 3.8) is 0 Å². The molecule has 1 aromatic heterocycles. The number of H-pyrrole nitrogens is 1. The molecule has 0 unspecified atom stereocenters. The molecule has 8 heteroatoms. The van der Waals surface area contributed by atoms with E-state index in [4.69, 9.17) is 0 Å². The average molecular weight is 459 g/mol. The van der Waals surface area contributed by atoms with Crippen molar-refractivity contribution in [2.75, 3.05) is 5.32 Å². The van der Waals surface area contributed by atoms with Crippen LogP contribution in [0.3, 0.4) is 0 Å². The highest BCUT2D eigenvalue weighted by Gasteiger charge is 2.22. The van der Waals surface area contributed by atoms with Crippen LogP contribution in [0.2, 0.25) is 0 Å². The Hall–Kier alpha value is -2.23. The summed E-state index contributed by atoms with van der Waals surface area (Å²) in [6.07, 6.45) is 1.32. The normalized spacial score (nSPS) is 11.0. The predicted octanol–water partition coefficient (Wildman–Crippen LogP) is 4.45. The maximum Gasteiger partial charge on any atom is 0.274 e. The summed E-state index contributed by atoms with van der Waals surface area (Å²) < 4.78 is 44.1. The summed E-state index contributed by atoms with van der Waals surface area (Å²) in [6.45, 7) is 1.80. The van der Waals surface area contributed by atoms with Crippen LogP contribution in [0, 0.1) is 27.9 Å². The number of hydrogen-bond acceptors (Lipinski definition) is 2. The van der Waals surface area contributed by atoms with Gasteiger partial charge in [-0.15, -0.1) is 0 Å². The molecule has 4 nitrogen and oxygen atoms in total. The third-order valence-electron chi connectivity index (χ3n) is 3.84. The van der Waals surface area contributed by atoms with Crippen molar-refractivity contribution in [1.82, 2.24) is 9.78 Å². The summed E-state index contributed by atoms with van der Waals surface area (Å²) in [5, 5.41) is 5.43. The van der Waals surface area contributed by atoms with E-state index in [1.165, 1.54) is 13.2 Å². The van der Waals surface area contributed by atoms with E-state index in [0.29, 0.717) is 5.69 Å². The molecule has 0 atom stereocenters. The number of anilines is 2. The lowest BCUT2D eigenvalue weighted by molar-refractivity contribution is 0.450. The number of rotatable bonds is 3. The first-order chi connectivity index (χ1) is 11.8. The first kappa shape index (κ1) is 17.6. The smallest absolute Gasteiger partial charge is 0.274 e. The molecule has 0 saturated heterocycles. The summed E-state index contributed by atoms with van der Waals surface area (Å²) in [5.74, 6) is -4.33. The Morgan fingerprint density at radius 3 is 2.44 bits per heavy atom. The molecule has 0 amide bonds. The highest BCUT2D eigenvalue weighted by atomic mass is 127. The lowest BCUT2D eigenvalue weighted by Gasteiger charge is -2.15. The summed E-state index contributed by atoms with van der Waals surface area (Å²) in [6, 6.07) is 6.17. The second-order valence-electron chi connectivity index (χ2n) is 5.54. The topological polar surface area (TPSA) is 49.8 Å². The lowest BCUT2D eigenvalue weighted by Crippen LogP contribution is -2.14. The molecular weight excluding hydrogens is 446 g/mol. The van der Waals surface area contributed by atoms with E-state index in [0.717, 1.165) is 19.9 Å². The second kappa shape index (κ2) is 6.58. The number of aromatic nitrogens is 2. The standard InChI is InChI=1S/C17H13F3IN3O/c1-8-5-9(21)3-4-13(8)23-16-10(6-12(18)14(19)15(16)20)11-7-22-24(2)17(11)25/h3-7,22-23H,1-2H3. The minimum Gasteiger partial charge on any atom is -0.352 e. The maximum atomic E-state index is 14.4. The van der Waals surface area contributed by atoms with Crippen LogP contribution in [0.15, 0.2) is 35.3 Å². The summed E-state index contributed by atoms with van der Waals surface area (Å²) in [4.78, 5) is 12.2. The quantitative estimate of drug-likeness (QED) is 0.449. The van der Waals surface area contributed by atoms with Gasteiger partial charge in [0.05, 0.1) is 11.3 Å². The zero-order chi connectivity index (χ0) is 18.3. The average Bonchev–Trinajstić information content (AvgIpc) is 2.89. The minimum atomic E-state index is -1.60. The molecule has 0 spiro atoms. The monoisotopic (exact) mass is 459 g/mol. The highest BCUT2D eigenvalue weighted by molar-refractivity contribution is 14.1. The van der Waals surface area contributed by atoms with Crippen LogP contribution < -0.4 is 10.9 Å². The molecule has 0 saturated carbocycles. The Morgan fingerprint density at radius 2 is 1.84 bits per heavy atom. The Kier molecular flexibility index (Phi) is 4.63. The van der Waals surface area contributed by atoms with Gasteiger partial charge < -0.3 is 10.4 Å². The molecule has 3 aromatic rings. The van der Waals surface area contributed by atoms with Gasteiger partial charge in [0.2, 0.25) is 0 Å². The van der Waals surface area contributed by atoms with Gasteiger partial charge in [0.25, 0.3) is 5.56 Å². The van der Waals surface area contributed by atoms with Gasteiger partial charge in [-0.25, -0.2) is 13.2 Å². The fourth-order valence-electron chi connectivity index (χ4n) is 2.49. The third-order valence-corrected chi connectivity index (χ3v) is 4.51. The van der Waals surface area contributed by atoms with Gasteiger partial charge in [0, 0.05) is 28.1 Å². The van der Waals surface area contributed by atoms with E-state index in [9.17, 15) is 18.0 Å². The van der Waals surface area contributed by atoms with E-state index < -0.39 is 23.0 Å². The van der Waals surface area contributed by atoms with Crippen LogP contribution in [0.1, 0.15) is 5.56 Å². The molecular formula is C17H13F3IN3O. The number of nitrogens with one attached hydrogen (secondary N) is 2. The first-order valence-corrected chi connectivity index (χ1v) is 8.33. The number of aryl methyl sites for hydroxylation is 2. The number of aromatic amines is 1. The first-order valence-electron chi connectivity index (χ1n) is 7.25. The van der Waals surface area contributed by atoms with E-state index in [1.807, 2.05) is 6.07 Å². The van der Waals surface area contributed by atoms with Gasteiger partial charge in [-0.05, 0) is 59.3 Å².